The predicted octanol–water partition coefficient (Wildman–Crippen LogP) is 5.52. The summed E-state index contributed by atoms with van der Waals surface area (Å²) in [5.74, 6) is -0.388. The summed E-state index contributed by atoms with van der Waals surface area (Å²) < 4.78 is 13.1. The quantitative estimate of drug-likeness (QED) is 0.609. The monoisotopic (exact) mass is 368 g/mol. The van der Waals surface area contributed by atoms with E-state index in [0.717, 1.165) is 11.3 Å². The third kappa shape index (κ3) is 3.83. The zero-order valence-corrected chi connectivity index (χ0v) is 16.1. The Balaban J connectivity index is 1.79. The smallest absolute Gasteiger partial charge is 0.259 e. The molecule has 3 aromatic rings. The van der Waals surface area contributed by atoms with Crippen molar-refractivity contribution in [3.05, 3.63) is 70.9 Å². The third-order valence-electron chi connectivity index (χ3n) is 4.22. The molecule has 0 radical (unpaired) electrons. The van der Waals surface area contributed by atoms with E-state index in [0.29, 0.717) is 10.7 Å². The highest BCUT2D eigenvalue weighted by Crippen LogP contribution is 2.28. The van der Waals surface area contributed by atoms with Gasteiger partial charge in [0.1, 0.15) is 5.82 Å². The van der Waals surface area contributed by atoms with Crippen molar-refractivity contribution in [2.45, 2.75) is 26.2 Å². The molecule has 0 atom stereocenters. The SMILES string of the molecule is CN(C(=O)c1ccc(C(C)(C)C)cc1)c1nc(-c2ccc(F)cc2)cs1. The highest BCUT2D eigenvalue weighted by molar-refractivity contribution is 7.14. The van der Waals surface area contributed by atoms with Crippen LogP contribution in [-0.4, -0.2) is 17.9 Å². The molecular weight excluding hydrogens is 347 g/mol. The van der Waals surface area contributed by atoms with Crippen LogP contribution >= 0.6 is 11.3 Å². The van der Waals surface area contributed by atoms with Gasteiger partial charge in [-0.2, -0.15) is 0 Å². The lowest BCUT2D eigenvalue weighted by Gasteiger charge is -2.20. The molecule has 1 aromatic heterocycles. The van der Waals surface area contributed by atoms with Gasteiger partial charge in [0.15, 0.2) is 5.13 Å². The fraction of sp³-hybridized carbons (Fsp3) is 0.238. The molecule has 5 heteroatoms. The van der Waals surface area contributed by atoms with Crippen LogP contribution < -0.4 is 4.90 Å². The third-order valence-corrected chi connectivity index (χ3v) is 5.14. The molecule has 1 amide bonds. The van der Waals surface area contributed by atoms with Gasteiger partial charge in [0, 0.05) is 23.6 Å². The van der Waals surface area contributed by atoms with Crippen molar-refractivity contribution in [1.29, 1.82) is 0 Å². The van der Waals surface area contributed by atoms with E-state index in [1.54, 1.807) is 24.1 Å². The Morgan fingerprint density at radius 3 is 2.23 bits per heavy atom. The Morgan fingerprint density at radius 1 is 1.04 bits per heavy atom. The van der Waals surface area contributed by atoms with E-state index in [1.807, 2.05) is 29.6 Å². The van der Waals surface area contributed by atoms with Gasteiger partial charge >= 0.3 is 0 Å². The van der Waals surface area contributed by atoms with Crippen molar-refractivity contribution < 1.29 is 9.18 Å². The summed E-state index contributed by atoms with van der Waals surface area (Å²) in [5.41, 5.74) is 3.41. The molecule has 0 aliphatic rings. The van der Waals surface area contributed by atoms with E-state index in [9.17, 15) is 9.18 Å². The van der Waals surface area contributed by atoms with Crippen molar-refractivity contribution in [1.82, 2.24) is 4.98 Å². The number of hydrogen-bond donors (Lipinski definition) is 0. The van der Waals surface area contributed by atoms with Gasteiger partial charge in [-0.25, -0.2) is 9.37 Å². The van der Waals surface area contributed by atoms with Crippen LogP contribution in [0, 0.1) is 5.82 Å². The van der Waals surface area contributed by atoms with E-state index >= 15 is 0 Å². The Kier molecular flexibility index (Phi) is 4.92. The van der Waals surface area contributed by atoms with Crippen LogP contribution in [0.1, 0.15) is 36.7 Å². The van der Waals surface area contributed by atoms with Crippen molar-refractivity contribution in [3.8, 4) is 11.3 Å². The van der Waals surface area contributed by atoms with E-state index in [-0.39, 0.29) is 17.1 Å². The number of halogens is 1. The van der Waals surface area contributed by atoms with Gasteiger partial charge in [0.05, 0.1) is 5.69 Å². The van der Waals surface area contributed by atoms with E-state index < -0.39 is 0 Å². The van der Waals surface area contributed by atoms with Crippen LogP contribution in [0.4, 0.5) is 9.52 Å². The summed E-state index contributed by atoms with van der Waals surface area (Å²) in [6.45, 7) is 6.42. The van der Waals surface area contributed by atoms with Gasteiger partial charge < -0.3 is 0 Å². The lowest BCUT2D eigenvalue weighted by molar-refractivity contribution is 0.0993. The van der Waals surface area contributed by atoms with Crippen molar-refractivity contribution in [3.63, 3.8) is 0 Å². The first-order valence-corrected chi connectivity index (χ1v) is 9.24. The summed E-state index contributed by atoms with van der Waals surface area (Å²) in [6.07, 6.45) is 0. The summed E-state index contributed by atoms with van der Waals surface area (Å²) >= 11 is 1.39. The number of carbonyl (C=O) groups excluding carboxylic acids is 1. The normalized spacial score (nSPS) is 11.4. The average Bonchev–Trinajstić information content (AvgIpc) is 3.10. The van der Waals surface area contributed by atoms with Gasteiger partial charge in [0.25, 0.3) is 5.91 Å². The van der Waals surface area contributed by atoms with Crippen molar-refractivity contribution in [2.75, 3.05) is 11.9 Å². The summed E-state index contributed by atoms with van der Waals surface area (Å²) in [4.78, 5) is 18.8. The number of rotatable bonds is 3. The maximum Gasteiger partial charge on any atom is 0.259 e. The molecule has 0 fully saturated rings. The van der Waals surface area contributed by atoms with Gasteiger partial charge in [-0.15, -0.1) is 11.3 Å². The predicted molar refractivity (Wildman–Crippen MR) is 105 cm³/mol. The summed E-state index contributed by atoms with van der Waals surface area (Å²) in [7, 11) is 1.72. The lowest BCUT2D eigenvalue weighted by atomic mass is 9.86. The topological polar surface area (TPSA) is 33.2 Å². The average molecular weight is 368 g/mol. The van der Waals surface area contributed by atoms with Crippen LogP contribution in [0.3, 0.4) is 0 Å². The van der Waals surface area contributed by atoms with Gasteiger partial charge in [0.2, 0.25) is 0 Å². The second-order valence-electron chi connectivity index (χ2n) is 7.21. The lowest BCUT2D eigenvalue weighted by Crippen LogP contribution is -2.26. The number of carbonyl (C=O) groups is 1. The van der Waals surface area contributed by atoms with Crippen LogP contribution in [0.5, 0.6) is 0 Å². The zero-order valence-electron chi connectivity index (χ0n) is 15.3. The van der Waals surface area contributed by atoms with Crippen LogP contribution in [0.25, 0.3) is 11.3 Å². The second-order valence-corrected chi connectivity index (χ2v) is 8.05. The minimum absolute atomic E-state index is 0.0485. The molecule has 1 heterocycles. The molecule has 0 saturated heterocycles. The second kappa shape index (κ2) is 7.00. The number of benzene rings is 2. The molecule has 0 bridgehead atoms. The van der Waals surface area contributed by atoms with Gasteiger partial charge in [-0.1, -0.05) is 32.9 Å². The molecule has 0 unspecified atom stereocenters. The maximum atomic E-state index is 13.1. The van der Waals surface area contributed by atoms with Crippen molar-refractivity contribution in [2.24, 2.45) is 0 Å². The fourth-order valence-corrected chi connectivity index (χ4v) is 3.36. The summed E-state index contributed by atoms with van der Waals surface area (Å²) in [5, 5.41) is 2.48. The Bertz CT molecular complexity index is 908. The fourth-order valence-electron chi connectivity index (χ4n) is 2.56. The Morgan fingerprint density at radius 2 is 1.65 bits per heavy atom. The van der Waals surface area contributed by atoms with Gasteiger partial charge in [-0.3, -0.25) is 9.69 Å². The molecule has 0 N–H and O–H groups in total. The molecule has 0 saturated carbocycles. The molecule has 26 heavy (non-hydrogen) atoms. The van der Waals surface area contributed by atoms with Crippen LogP contribution in [0.2, 0.25) is 0 Å². The molecule has 3 rings (SSSR count). The highest BCUT2D eigenvalue weighted by atomic mass is 32.1. The first-order valence-electron chi connectivity index (χ1n) is 8.36. The number of anilines is 1. The highest BCUT2D eigenvalue weighted by Gasteiger charge is 2.19. The first-order chi connectivity index (χ1) is 12.3. The molecule has 2 aromatic carbocycles. The van der Waals surface area contributed by atoms with Crippen molar-refractivity contribution >= 4 is 22.4 Å². The number of hydrogen-bond acceptors (Lipinski definition) is 3. The standard InChI is InChI=1S/C21H21FN2OS/c1-21(2,3)16-9-5-15(6-10-16)19(25)24(4)20-23-18(13-26-20)14-7-11-17(22)12-8-14/h5-13H,1-4H3. The first kappa shape index (κ1) is 18.3. The van der Waals surface area contributed by atoms with Crippen LogP contribution in [0.15, 0.2) is 53.9 Å². The van der Waals surface area contributed by atoms with E-state index in [4.69, 9.17) is 0 Å². The molecular formula is C21H21FN2OS. The minimum Gasteiger partial charge on any atom is -0.287 e. The maximum absolute atomic E-state index is 13.1. The number of aromatic nitrogens is 1. The molecule has 0 aliphatic heterocycles. The van der Waals surface area contributed by atoms with E-state index in [1.165, 1.54) is 29.0 Å². The van der Waals surface area contributed by atoms with Gasteiger partial charge in [-0.05, 0) is 47.4 Å². The summed E-state index contributed by atoms with van der Waals surface area (Å²) in [6, 6.07) is 13.9. The zero-order chi connectivity index (χ0) is 18.9. The number of thiazole rings is 1. The Labute approximate surface area is 157 Å². The molecule has 3 nitrogen and oxygen atoms in total. The molecule has 0 spiro atoms. The van der Waals surface area contributed by atoms with E-state index in [2.05, 4.69) is 25.8 Å². The van der Waals surface area contributed by atoms with Crippen LogP contribution in [-0.2, 0) is 5.41 Å². The Hall–Kier alpha value is -2.53. The minimum atomic E-state index is -0.282. The number of nitrogens with zero attached hydrogens (tertiary/aromatic N) is 2. The molecule has 134 valence electrons. The largest absolute Gasteiger partial charge is 0.287 e. The molecule has 0 aliphatic carbocycles. The number of amides is 1.